The van der Waals surface area contributed by atoms with Crippen molar-refractivity contribution in [1.29, 1.82) is 0 Å². The lowest BCUT2D eigenvalue weighted by molar-refractivity contribution is -0.193. The van der Waals surface area contributed by atoms with E-state index in [1.807, 2.05) is 0 Å². The smallest absolute Gasteiger partial charge is 0.373 e. The molecule has 2 aromatic rings. The maximum Gasteiger partial charge on any atom is 0.373 e. The number of carbonyl (C=O) groups is 2. The zero-order chi connectivity index (χ0) is 27.2. The van der Waals surface area contributed by atoms with Crippen LogP contribution in [0, 0.1) is 0 Å². The Morgan fingerprint density at radius 3 is 1.92 bits per heavy atom. The van der Waals surface area contributed by atoms with Gasteiger partial charge in [0.25, 0.3) is 0 Å². The Bertz CT molecular complexity index is 1580. The second-order valence-electron chi connectivity index (χ2n) is 6.52. The molecule has 1 heterocycles. The minimum absolute atomic E-state index is 0.0729. The van der Waals surface area contributed by atoms with Crippen molar-refractivity contribution in [2.24, 2.45) is 0 Å². The number of aromatic carboxylic acids is 2. The molecule has 0 amide bonds. The lowest BCUT2D eigenvalue weighted by atomic mass is 9.90. The molecular formula is C23H10Cl2O11. The zero-order valence-corrected chi connectivity index (χ0v) is 18.9. The Kier molecular flexibility index (Phi) is 8.82. The zero-order valence-electron chi connectivity index (χ0n) is 17.4. The van der Waals surface area contributed by atoms with Crippen LogP contribution < -0.4 is 5.43 Å². The number of halogens is 2. The fourth-order valence-corrected chi connectivity index (χ4v) is 3.78. The molecule has 2 aromatic carbocycles. The number of carbonyl (C=O) groups excluding carboxylic acids is 4. The normalized spacial score (nSPS) is 9.72. The van der Waals surface area contributed by atoms with Crippen LogP contribution in [-0.4, -0.2) is 39.6 Å². The average molecular weight is 533 g/mol. The molecule has 2 aliphatic rings. The molecule has 1 aliphatic carbocycles. The standard InChI is InChI=1S/C21H10Cl2O7.2CO2/c22-15-13(24)6-5-10-14(8-3-1-2-4-9(8)20(26)27)11-7-12(21(28)29)17(25)16(23)19(11)30-18(10)15;2*2-1-3/h1-7,25H,(H,26,27)(H,28,29);;. The van der Waals surface area contributed by atoms with Crippen LogP contribution in [0.3, 0.4) is 0 Å². The van der Waals surface area contributed by atoms with Gasteiger partial charge in [0.2, 0.25) is 5.43 Å². The van der Waals surface area contributed by atoms with Crippen LogP contribution in [0.25, 0.3) is 33.4 Å². The highest BCUT2D eigenvalue weighted by molar-refractivity contribution is 6.38. The van der Waals surface area contributed by atoms with Crippen molar-refractivity contribution in [3.63, 3.8) is 0 Å². The Balaban J connectivity index is 0.000000693. The number of phenols is 1. The summed E-state index contributed by atoms with van der Waals surface area (Å²) in [5.74, 6) is -3.47. The van der Waals surface area contributed by atoms with Gasteiger partial charge in [0.05, 0.1) is 5.56 Å². The third kappa shape index (κ3) is 5.15. The molecule has 3 N–H and O–H groups in total. The molecule has 36 heavy (non-hydrogen) atoms. The quantitative estimate of drug-likeness (QED) is 0.324. The van der Waals surface area contributed by atoms with Gasteiger partial charge < -0.3 is 19.7 Å². The maximum absolute atomic E-state index is 12.0. The molecule has 11 nitrogen and oxygen atoms in total. The largest absolute Gasteiger partial charge is 0.505 e. The summed E-state index contributed by atoms with van der Waals surface area (Å²) >= 11 is 12.3. The summed E-state index contributed by atoms with van der Waals surface area (Å²) < 4.78 is 5.70. The van der Waals surface area contributed by atoms with Gasteiger partial charge in [0, 0.05) is 16.5 Å². The van der Waals surface area contributed by atoms with Crippen molar-refractivity contribution < 1.29 is 48.5 Å². The second-order valence-corrected chi connectivity index (χ2v) is 7.27. The monoisotopic (exact) mass is 532 g/mol. The van der Waals surface area contributed by atoms with Gasteiger partial charge >= 0.3 is 24.2 Å². The van der Waals surface area contributed by atoms with E-state index in [9.17, 15) is 29.7 Å². The first-order valence-corrected chi connectivity index (χ1v) is 9.96. The van der Waals surface area contributed by atoms with Crippen molar-refractivity contribution in [3.05, 3.63) is 73.9 Å². The van der Waals surface area contributed by atoms with Crippen molar-refractivity contribution >= 4 is 58.4 Å². The predicted octanol–water partition coefficient (Wildman–Crippen LogP) is 3.81. The van der Waals surface area contributed by atoms with Crippen LogP contribution in [-0.2, 0) is 19.2 Å². The summed E-state index contributed by atoms with van der Waals surface area (Å²) in [6.07, 6.45) is 0.500. The van der Waals surface area contributed by atoms with Gasteiger partial charge in [-0.1, -0.05) is 41.4 Å². The Morgan fingerprint density at radius 2 is 1.36 bits per heavy atom. The van der Waals surface area contributed by atoms with E-state index in [1.165, 1.54) is 30.3 Å². The molecule has 0 unspecified atom stereocenters. The summed E-state index contributed by atoms with van der Waals surface area (Å²) in [5.41, 5.74) is -0.503. The van der Waals surface area contributed by atoms with Crippen molar-refractivity contribution in [2.45, 2.75) is 0 Å². The van der Waals surface area contributed by atoms with Crippen LogP contribution in [0.1, 0.15) is 20.7 Å². The first-order chi connectivity index (χ1) is 17.0. The lowest BCUT2D eigenvalue weighted by Gasteiger charge is -2.18. The molecule has 0 spiro atoms. The molecular weight excluding hydrogens is 523 g/mol. The molecule has 1 aliphatic heterocycles. The molecule has 0 fully saturated rings. The van der Waals surface area contributed by atoms with Crippen molar-refractivity contribution in [1.82, 2.24) is 0 Å². The van der Waals surface area contributed by atoms with Crippen LogP contribution in [0.15, 0.2) is 51.7 Å². The summed E-state index contributed by atoms with van der Waals surface area (Å²) in [6.45, 7) is 0. The van der Waals surface area contributed by atoms with E-state index in [-0.39, 0.29) is 56.3 Å². The van der Waals surface area contributed by atoms with Crippen LogP contribution in [0.2, 0.25) is 10.0 Å². The maximum atomic E-state index is 12.0. The van der Waals surface area contributed by atoms with E-state index in [0.29, 0.717) is 0 Å². The van der Waals surface area contributed by atoms with E-state index in [0.717, 1.165) is 6.07 Å². The number of hydrogen-bond acceptors (Lipinski definition) is 9. The van der Waals surface area contributed by atoms with Gasteiger partial charge in [-0.3, -0.25) is 4.79 Å². The molecule has 13 heteroatoms. The van der Waals surface area contributed by atoms with E-state index in [1.54, 1.807) is 6.07 Å². The molecule has 0 aromatic heterocycles. The minimum atomic E-state index is -1.44. The topological polar surface area (TPSA) is 193 Å². The minimum Gasteiger partial charge on any atom is -0.505 e. The fourth-order valence-electron chi connectivity index (χ4n) is 3.33. The highest BCUT2D eigenvalue weighted by Crippen LogP contribution is 2.47. The van der Waals surface area contributed by atoms with Gasteiger partial charge in [-0.25, -0.2) is 9.59 Å². The Morgan fingerprint density at radius 1 is 0.806 bits per heavy atom. The molecule has 4 rings (SSSR count). The van der Waals surface area contributed by atoms with E-state index in [2.05, 4.69) is 0 Å². The van der Waals surface area contributed by atoms with Crippen molar-refractivity contribution in [2.75, 3.05) is 0 Å². The van der Waals surface area contributed by atoms with Crippen LogP contribution in [0.4, 0.5) is 0 Å². The number of benzene rings is 3. The number of rotatable bonds is 3. The van der Waals surface area contributed by atoms with Gasteiger partial charge in [0.15, 0.2) is 17.1 Å². The molecule has 0 saturated carbocycles. The molecule has 0 saturated heterocycles. The molecule has 182 valence electrons. The molecule has 0 bridgehead atoms. The van der Waals surface area contributed by atoms with E-state index < -0.39 is 33.7 Å². The van der Waals surface area contributed by atoms with Crippen LogP contribution >= 0.6 is 23.2 Å². The van der Waals surface area contributed by atoms with Crippen molar-refractivity contribution in [3.8, 4) is 28.2 Å². The predicted molar refractivity (Wildman–Crippen MR) is 120 cm³/mol. The molecule has 0 atom stereocenters. The third-order valence-corrected chi connectivity index (χ3v) is 5.37. The fraction of sp³-hybridized carbons (Fsp3) is 0. The Hall–Kier alpha value is -4.79. The third-order valence-electron chi connectivity index (χ3n) is 4.66. The summed E-state index contributed by atoms with van der Waals surface area (Å²) in [4.78, 5) is 68.0. The van der Waals surface area contributed by atoms with Gasteiger partial charge in [-0.15, -0.1) is 0 Å². The first kappa shape index (κ1) is 27.5. The second kappa shape index (κ2) is 11.6. The summed E-state index contributed by atoms with van der Waals surface area (Å²) in [6, 6.07) is 9.78. The number of fused-ring (bicyclic) bond motifs is 2. The van der Waals surface area contributed by atoms with Gasteiger partial charge in [-0.05, 0) is 29.8 Å². The number of carboxylic acid groups (broad SMARTS) is 2. The van der Waals surface area contributed by atoms with Gasteiger partial charge in [-0.2, -0.15) is 19.2 Å². The van der Waals surface area contributed by atoms with Crippen LogP contribution in [0.5, 0.6) is 5.75 Å². The van der Waals surface area contributed by atoms with E-state index in [4.69, 9.17) is 46.8 Å². The van der Waals surface area contributed by atoms with E-state index >= 15 is 0 Å². The highest BCUT2D eigenvalue weighted by atomic mass is 35.5. The number of hydrogen-bond donors (Lipinski definition) is 3. The number of carboxylic acids is 2. The summed E-state index contributed by atoms with van der Waals surface area (Å²) in [7, 11) is 0. The Labute approximate surface area is 209 Å². The lowest BCUT2D eigenvalue weighted by Crippen LogP contribution is -2.06. The highest BCUT2D eigenvalue weighted by Gasteiger charge is 2.27. The SMILES string of the molecule is O=C(O)c1ccccc1-c1c2ccc(=O)c(Cl)c-2oc2c(Cl)c(O)c(C(=O)O)cc12.O=C=O.O=C=O. The van der Waals surface area contributed by atoms with Gasteiger partial charge in [0.1, 0.15) is 15.6 Å². The number of aromatic hydroxyl groups is 1. The first-order valence-electron chi connectivity index (χ1n) is 9.20. The molecule has 0 radical (unpaired) electrons. The summed E-state index contributed by atoms with van der Waals surface area (Å²) in [5, 5.41) is 28.8. The average Bonchev–Trinajstić information content (AvgIpc) is 2.83.